The molecule has 0 fully saturated rings. The van der Waals surface area contributed by atoms with Gasteiger partial charge < -0.3 is 10.6 Å². The summed E-state index contributed by atoms with van der Waals surface area (Å²) in [6.45, 7) is 2.85. The molecule has 2 N–H and O–H groups in total. The van der Waals surface area contributed by atoms with E-state index in [4.69, 9.17) is 0 Å². The van der Waals surface area contributed by atoms with Crippen LogP contribution >= 0.6 is 15.9 Å². The minimum absolute atomic E-state index is 0.734. The van der Waals surface area contributed by atoms with E-state index in [0.29, 0.717) is 0 Å². The third kappa shape index (κ3) is 3.11. The van der Waals surface area contributed by atoms with Crippen LogP contribution in [0, 0.1) is 0 Å². The average molecular weight is 344 g/mol. The van der Waals surface area contributed by atoms with Crippen LogP contribution in [0.5, 0.6) is 0 Å². The van der Waals surface area contributed by atoms with Crippen molar-refractivity contribution in [1.82, 2.24) is 15.0 Å². The maximum atomic E-state index is 4.47. The zero-order valence-electron chi connectivity index (χ0n) is 11.5. The molecule has 1 aromatic carbocycles. The quantitative estimate of drug-likeness (QED) is 0.750. The molecule has 0 aliphatic rings. The molecule has 0 amide bonds. The Bertz CT molecular complexity index is 775. The maximum Gasteiger partial charge on any atom is 0.135 e. The summed E-state index contributed by atoms with van der Waals surface area (Å²) in [5, 5.41) is 7.53. The summed E-state index contributed by atoms with van der Waals surface area (Å²) in [5.41, 5.74) is 1.82. The predicted octanol–water partition coefficient (Wildman–Crippen LogP) is 3.96. The Labute approximate surface area is 131 Å². The molecule has 0 unspecified atom stereocenters. The van der Waals surface area contributed by atoms with Crippen molar-refractivity contribution in [1.29, 1.82) is 0 Å². The average Bonchev–Trinajstić information content (AvgIpc) is 2.48. The maximum absolute atomic E-state index is 4.47. The molecule has 0 spiro atoms. The van der Waals surface area contributed by atoms with Gasteiger partial charge in [0.05, 0.1) is 11.2 Å². The normalized spacial score (nSPS) is 10.6. The first-order valence-corrected chi connectivity index (χ1v) is 7.43. The Morgan fingerprint density at radius 3 is 2.81 bits per heavy atom. The van der Waals surface area contributed by atoms with Crippen molar-refractivity contribution in [2.45, 2.75) is 6.92 Å². The molecule has 0 radical (unpaired) electrons. The van der Waals surface area contributed by atoms with Crippen molar-refractivity contribution >= 4 is 44.2 Å². The zero-order valence-corrected chi connectivity index (χ0v) is 13.1. The van der Waals surface area contributed by atoms with Crippen LogP contribution in [-0.2, 0) is 0 Å². The number of hydrogen-bond donors (Lipinski definition) is 2. The van der Waals surface area contributed by atoms with Gasteiger partial charge in [0.25, 0.3) is 0 Å². The van der Waals surface area contributed by atoms with Gasteiger partial charge in [-0.15, -0.1) is 0 Å². The number of hydrogen-bond acceptors (Lipinski definition) is 5. The van der Waals surface area contributed by atoms with Crippen LogP contribution in [-0.4, -0.2) is 21.5 Å². The Kier molecular flexibility index (Phi) is 3.96. The molecule has 0 atom stereocenters. The molecule has 21 heavy (non-hydrogen) atoms. The molecular weight excluding hydrogens is 330 g/mol. The molecule has 0 aliphatic heterocycles. The molecular formula is C15H14BrN5. The summed E-state index contributed by atoms with van der Waals surface area (Å²) in [5.74, 6) is 1.53. The highest BCUT2D eigenvalue weighted by Crippen LogP contribution is 2.26. The molecule has 0 bridgehead atoms. The molecule has 0 saturated heterocycles. The van der Waals surface area contributed by atoms with Gasteiger partial charge >= 0.3 is 0 Å². The summed E-state index contributed by atoms with van der Waals surface area (Å²) >= 11 is 3.44. The summed E-state index contributed by atoms with van der Waals surface area (Å²) in [4.78, 5) is 12.9. The van der Waals surface area contributed by atoms with E-state index < -0.39 is 0 Å². The number of nitrogens with one attached hydrogen (secondary N) is 2. The first kappa shape index (κ1) is 13.8. The van der Waals surface area contributed by atoms with E-state index >= 15 is 0 Å². The lowest BCUT2D eigenvalue weighted by Gasteiger charge is -2.09. The smallest absolute Gasteiger partial charge is 0.135 e. The summed E-state index contributed by atoms with van der Waals surface area (Å²) in [7, 11) is 0. The SMILES string of the molecule is CCNc1cc(Nc2cccc3cc(Br)cnc23)ncn1. The highest BCUT2D eigenvalue weighted by molar-refractivity contribution is 9.10. The van der Waals surface area contributed by atoms with Crippen molar-refractivity contribution in [2.75, 3.05) is 17.2 Å². The van der Waals surface area contributed by atoms with Gasteiger partial charge in [-0.1, -0.05) is 12.1 Å². The van der Waals surface area contributed by atoms with Gasteiger partial charge in [-0.25, -0.2) is 9.97 Å². The summed E-state index contributed by atoms with van der Waals surface area (Å²) in [6, 6.07) is 9.92. The lowest BCUT2D eigenvalue weighted by Crippen LogP contribution is -2.02. The van der Waals surface area contributed by atoms with Gasteiger partial charge in [-0.2, -0.15) is 0 Å². The molecule has 2 aromatic heterocycles. The van der Waals surface area contributed by atoms with E-state index in [-0.39, 0.29) is 0 Å². The van der Waals surface area contributed by atoms with Crippen LogP contribution < -0.4 is 10.6 Å². The predicted molar refractivity (Wildman–Crippen MR) is 88.9 cm³/mol. The third-order valence-corrected chi connectivity index (χ3v) is 3.40. The minimum Gasteiger partial charge on any atom is -0.370 e. The third-order valence-electron chi connectivity index (χ3n) is 2.97. The van der Waals surface area contributed by atoms with Crippen molar-refractivity contribution in [3.63, 3.8) is 0 Å². The number of halogens is 1. The molecule has 2 heterocycles. The van der Waals surface area contributed by atoms with E-state index in [1.807, 2.05) is 37.3 Å². The molecule has 5 nitrogen and oxygen atoms in total. The number of aromatic nitrogens is 3. The lowest BCUT2D eigenvalue weighted by molar-refractivity contribution is 1.11. The monoisotopic (exact) mass is 343 g/mol. The standard InChI is InChI=1S/C15H14BrN5/c1-2-17-13-7-14(20-9-19-13)21-12-5-3-4-10-6-11(16)8-18-15(10)12/h3-9H,2H2,1H3,(H2,17,19,20,21). The van der Waals surface area contributed by atoms with E-state index in [2.05, 4.69) is 41.5 Å². The highest BCUT2D eigenvalue weighted by atomic mass is 79.9. The van der Waals surface area contributed by atoms with Crippen molar-refractivity contribution < 1.29 is 0 Å². The first-order valence-electron chi connectivity index (χ1n) is 6.63. The van der Waals surface area contributed by atoms with E-state index in [1.165, 1.54) is 6.33 Å². The topological polar surface area (TPSA) is 62.7 Å². The fourth-order valence-corrected chi connectivity index (χ4v) is 2.43. The molecule has 0 saturated carbocycles. The Balaban J connectivity index is 1.96. The Hall–Kier alpha value is -2.21. The number of nitrogens with zero attached hydrogens (tertiary/aromatic N) is 3. The fraction of sp³-hybridized carbons (Fsp3) is 0.133. The van der Waals surface area contributed by atoms with Gasteiger partial charge in [0, 0.05) is 28.7 Å². The number of anilines is 3. The first-order chi connectivity index (χ1) is 10.3. The van der Waals surface area contributed by atoms with Gasteiger partial charge in [0.2, 0.25) is 0 Å². The zero-order chi connectivity index (χ0) is 14.7. The second-order valence-corrected chi connectivity index (χ2v) is 5.39. The van der Waals surface area contributed by atoms with Crippen LogP contribution in [0.3, 0.4) is 0 Å². The summed E-state index contributed by atoms with van der Waals surface area (Å²) < 4.78 is 0.962. The van der Waals surface area contributed by atoms with E-state index in [9.17, 15) is 0 Å². The second kappa shape index (κ2) is 6.05. The number of rotatable bonds is 4. The number of para-hydroxylation sites is 1. The van der Waals surface area contributed by atoms with Gasteiger partial charge in [-0.3, -0.25) is 4.98 Å². The molecule has 0 aliphatic carbocycles. The Morgan fingerprint density at radius 1 is 1.10 bits per heavy atom. The van der Waals surface area contributed by atoms with Crippen LogP contribution in [0.15, 0.2) is 47.3 Å². The molecule has 106 valence electrons. The van der Waals surface area contributed by atoms with Crippen LogP contribution in [0.2, 0.25) is 0 Å². The van der Waals surface area contributed by atoms with E-state index in [0.717, 1.165) is 39.2 Å². The van der Waals surface area contributed by atoms with Crippen LogP contribution in [0.25, 0.3) is 10.9 Å². The van der Waals surface area contributed by atoms with Gasteiger partial charge in [0.1, 0.15) is 18.0 Å². The highest BCUT2D eigenvalue weighted by Gasteiger charge is 2.05. The van der Waals surface area contributed by atoms with Crippen LogP contribution in [0.1, 0.15) is 6.92 Å². The van der Waals surface area contributed by atoms with Crippen LogP contribution in [0.4, 0.5) is 17.3 Å². The van der Waals surface area contributed by atoms with E-state index in [1.54, 1.807) is 6.20 Å². The molecule has 3 rings (SSSR count). The lowest BCUT2D eigenvalue weighted by atomic mass is 10.2. The number of benzene rings is 1. The van der Waals surface area contributed by atoms with Crippen molar-refractivity contribution in [2.24, 2.45) is 0 Å². The largest absolute Gasteiger partial charge is 0.370 e. The van der Waals surface area contributed by atoms with Crippen molar-refractivity contribution in [3.05, 3.63) is 47.3 Å². The Morgan fingerprint density at radius 2 is 1.95 bits per heavy atom. The molecule has 6 heteroatoms. The van der Waals surface area contributed by atoms with Crippen molar-refractivity contribution in [3.8, 4) is 0 Å². The number of pyridine rings is 1. The second-order valence-electron chi connectivity index (χ2n) is 4.47. The summed E-state index contributed by atoms with van der Waals surface area (Å²) in [6.07, 6.45) is 3.33. The van der Waals surface area contributed by atoms with Gasteiger partial charge in [-0.05, 0) is 35.0 Å². The van der Waals surface area contributed by atoms with Gasteiger partial charge in [0.15, 0.2) is 0 Å². The fourth-order valence-electron chi connectivity index (χ4n) is 2.08. The molecule has 3 aromatic rings. The minimum atomic E-state index is 0.734. The number of fused-ring (bicyclic) bond motifs is 1.